The average molecular weight is 365 g/mol. The normalized spacial score (nSPS) is 20.5. The maximum atomic E-state index is 13.0. The zero-order chi connectivity index (χ0) is 17.9. The summed E-state index contributed by atoms with van der Waals surface area (Å²) in [6, 6.07) is 14.7. The molecule has 2 N–H and O–H groups in total. The molecule has 1 aromatic heterocycles. The van der Waals surface area contributed by atoms with Crippen LogP contribution in [-0.2, 0) is 15.0 Å². The van der Waals surface area contributed by atoms with E-state index in [2.05, 4.69) is 15.7 Å². The first kappa shape index (κ1) is 15.2. The molecular formula is C19H13ClN4O2. The standard InChI is InChI=1S/C19H13ClN4O2/c20-13-7-4-8-14-16(13)19(18(26)22-14)9-15(25)23-17-12(19)10-21-24(17)11-5-2-1-3-6-11/h1-8,10H,9H2,(H,22,26)(H,23,25). The molecule has 2 aliphatic heterocycles. The minimum atomic E-state index is -1.17. The van der Waals surface area contributed by atoms with Crippen molar-refractivity contribution in [2.75, 3.05) is 10.6 Å². The van der Waals surface area contributed by atoms with Gasteiger partial charge in [-0.3, -0.25) is 9.59 Å². The Balaban J connectivity index is 1.80. The Morgan fingerprint density at radius 3 is 2.65 bits per heavy atom. The molecule has 0 bridgehead atoms. The van der Waals surface area contributed by atoms with Gasteiger partial charge in [0.25, 0.3) is 0 Å². The average Bonchev–Trinajstić information content (AvgIpc) is 3.17. The van der Waals surface area contributed by atoms with Gasteiger partial charge in [-0.05, 0) is 24.3 Å². The van der Waals surface area contributed by atoms with Gasteiger partial charge in [-0.15, -0.1) is 0 Å². The molecule has 7 heteroatoms. The lowest BCUT2D eigenvalue weighted by atomic mass is 9.72. The summed E-state index contributed by atoms with van der Waals surface area (Å²) in [7, 11) is 0. The third-order valence-electron chi connectivity index (χ3n) is 4.99. The van der Waals surface area contributed by atoms with Crippen LogP contribution >= 0.6 is 11.6 Å². The third kappa shape index (κ3) is 1.84. The molecule has 0 saturated heterocycles. The Morgan fingerprint density at radius 2 is 1.85 bits per heavy atom. The number of carbonyl (C=O) groups excluding carboxylic acids is 2. The first-order chi connectivity index (χ1) is 12.6. The summed E-state index contributed by atoms with van der Waals surface area (Å²) >= 11 is 6.44. The highest BCUT2D eigenvalue weighted by molar-refractivity contribution is 6.33. The Bertz CT molecular complexity index is 1080. The number of fused-ring (bicyclic) bond motifs is 4. The number of halogens is 1. The number of aromatic nitrogens is 2. The number of nitrogens with zero attached hydrogens (tertiary/aromatic N) is 2. The van der Waals surface area contributed by atoms with Gasteiger partial charge in [0.1, 0.15) is 11.2 Å². The summed E-state index contributed by atoms with van der Waals surface area (Å²) in [5, 5.41) is 10.6. The monoisotopic (exact) mass is 364 g/mol. The van der Waals surface area contributed by atoms with E-state index in [1.54, 1.807) is 29.1 Å². The van der Waals surface area contributed by atoms with Crippen molar-refractivity contribution in [2.24, 2.45) is 0 Å². The first-order valence-corrected chi connectivity index (χ1v) is 8.53. The Hall–Kier alpha value is -3.12. The number of hydrogen-bond donors (Lipinski definition) is 2. The number of para-hydroxylation sites is 1. The predicted molar refractivity (Wildman–Crippen MR) is 97.7 cm³/mol. The quantitative estimate of drug-likeness (QED) is 0.696. The zero-order valence-corrected chi connectivity index (χ0v) is 14.2. The van der Waals surface area contributed by atoms with Crippen molar-refractivity contribution in [3.05, 3.63) is 70.9 Å². The number of rotatable bonds is 1. The summed E-state index contributed by atoms with van der Waals surface area (Å²) in [5.74, 6) is -0.0159. The van der Waals surface area contributed by atoms with Crippen molar-refractivity contribution < 1.29 is 9.59 Å². The molecule has 5 rings (SSSR count). The smallest absolute Gasteiger partial charge is 0.240 e. The number of nitrogens with one attached hydrogen (secondary N) is 2. The van der Waals surface area contributed by atoms with Gasteiger partial charge in [-0.1, -0.05) is 35.9 Å². The maximum absolute atomic E-state index is 13.0. The topological polar surface area (TPSA) is 76.0 Å². The molecule has 3 heterocycles. The fraction of sp³-hybridized carbons (Fsp3) is 0.105. The van der Waals surface area contributed by atoms with Gasteiger partial charge in [-0.25, -0.2) is 4.68 Å². The lowest BCUT2D eigenvalue weighted by molar-refractivity contribution is -0.125. The van der Waals surface area contributed by atoms with E-state index in [0.29, 0.717) is 27.7 Å². The maximum Gasteiger partial charge on any atom is 0.240 e. The molecule has 0 fully saturated rings. The second-order valence-corrected chi connectivity index (χ2v) is 6.81. The molecule has 2 aliphatic rings. The first-order valence-electron chi connectivity index (χ1n) is 8.15. The molecule has 1 unspecified atom stereocenters. The fourth-order valence-corrected chi connectivity index (χ4v) is 4.22. The SMILES string of the molecule is O=C1CC2(C(=O)Nc3cccc(Cl)c32)c2cnn(-c3ccccc3)c2N1. The second kappa shape index (κ2) is 5.19. The van der Waals surface area contributed by atoms with Gasteiger partial charge in [-0.2, -0.15) is 5.10 Å². The van der Waals surface area contributed by atoms with E-state index in [9.17, 15) is 9.59 Å². The second-order valence-electron chi connectivity index (χ2n) is 6.40. The van der Waals surface area contributed by atoms with E-state index in [1.807, 2.05) is 30.3 Å². The lowest BCUT2D eigenvalue weighted by Crippen LogP contribution is -2.43. The Labute approximate surface area is 153 Å². The molecule has 0 aliphatic carbocycles. The molecule has 0 saturated carbocycles. The largest absolute Gasteiger partial charge is 0.325 e. The van der Waals surface area contributed by atoms with Crippen LogP contribution in [0.15, 0.2) is 54.7 Å². The zero-order valence-electron chi connectivity index (χ0n) is 13.5. The highest BCUT2D eigenvalue weighted by Crippen LogP contribution is 2.52. The summed E-state index contributed by atoms with van der Waals surface area (Å²) in [6.07, 6.45) is 1.63. The minimum absolute atomic E-state index is 0.0109. The van der Waals surface area contributed by atoms with E-state index in [-0.39, 0.29) is 18.2 Å². The van der Waals surface area contributed by atoms with Gasteiger partial charge in [0.15, 0.2) is 0 Å². The van der Waals surface area contributed by atoms with Crippen LogP contribution in [0.4, 0.5) is 11.5 Å². The van der Waals surface area contributed by atoms with Crippen molar-refractivity contribution >= 4 is 34.9 Å². The van der Waals surface area contributed by atoms with Crippen LogP contribution in [0.25, 0.3) is 5.69 Å². The molecule has 1 spiro atoms. The number of anilines is 2. The van der Waals surface area contributed by atoms with Crippen molar-refractivity contribution in [1.29, 1.82) is 0 Å². The lowest BCUT2D eigenvalue weighted by Gasteiger charge is -2.32. The van der Waals surface area contributed by atoms with E-state index >= 15 is 0 Å². The molecule has 2 aromatic carbocycles. The number of carbonyl (C=O) groups is 2. The molecule has 6 nitrogen and oxygen atoms in total. The minimum Gasteiger partial charge on any atom is -0.325 e. The fourth-order valence-electron chi connectivity index (χ4n) is 3.89. The van der Waals surface area contributed by atoms with Crippen molar-refractivity contribution in [3.63, 3.8) is 0 Å². The predicted octanol–water partition coefficient (Wildman–Crippen LogP) is 3.11. The van der Waals surface area contributed by atoms with E-state index in [1.165, 1.54) is 0 Å². The van der Waals surface area contributed by atoms with Crippen LogP contribution in [0.5, 0.6) is 0 Å². The molecule has 1 atom stereocenters. The highest BCUT2D eigenvalue weighted by Gasteiger charge is 2.55. The number of amides is 2. The molecular weight excluding hydrogens is 352 g/mol. The van der Waals surface area contributed by atoms with Crippen molar-refractivity contribution in [2.45, 2.75) is 11.8 Å². The van der Waals surface area contributed by atoms with Gasteiger partial charge in [0.2, 0.25) is 11.8 Å². The van der Waals surface area contributed by atoms with Gasteiger partial charge in [0, 0.05) is 28.3 Å². The number of hydrogen-bond acceptors (Lipinski definition) is 3. The summed E-state index contributed by atoms with van der Waals surface area (Å²) in [6.45, 7) is 0. The highest BCUT2D eigenvalue weighted by atomic mass is 35.5. The molecule has 0 radical (unpaired) electrons. The van der Waals surface area contributed by atoms with E-state index in [4.69, 9.17) is 11.6 Å². The van der Waals surface area contributed by atoms with Crippen LogP contribution in [0.2, 0.25) is 5.02 Å². The third-order valence-corrected chi connectivity index (χ3v) is 5.30. The van der Waals surface area contributed by atoms with Crippen LogP contribution < -0.4 is 10.6 Å². The van der Waals surface area contributed by atoms with Crippen LogP contribution in [-0.4, -0.2) is 21.6 Å². The van der Waals surface area contributed by atoms with Crippen LogP contribution in [0.1, 0.15) is 17.5 Å². The molecule has 2 amide bonds. The summed E-state index contributed by atoms with van der Waals surface area (Å²) in [4.78, 5) is 25.6. The van der Waals surface area contributed by atoms with Gasteiger partial charge >= 0.3 is 0 Å². The molecule has 128 valence electrons. The summed E-state index contributed by atoms with van der Waals surface area (Å²) < 4.78 is 1.64. The van der Waals surface area contributed by atoms with Crippen LogP contribution in [0.3, 0.4) is 0 Å². The Kier molecular flexibility index (Phi) is 3.02. The van der Waals surface area contributed by atoms with E-state index in [0.717, 1.165) is 5.69 Å². The molecule has 3 aromatic rings. The van der Waals surface area contributed by atoms with Crippen molar-refractivity contribution in [3.8, 4) is 5.69 Å². The summed E-state index contributed by atoms with van der Waals surface area (Å²) in [5.41, 5.74) is 1.54. The van der Waals surface area contributed by atoms with Crippen LogP contribution in [0, 0.1) is 0 Å². The van der Waals surface area contributed by atoms with Gasteiger partial charge in [0.05, 0.1) is 11.9 Å². The van der Waals surface area contributed by atoms with Gasteiger partial charge < -0.3 is 10.6 Å². The number of benzene rings is 2. The van der Waals surface area contributed by atoms with E-state index < -0.39 is 5.41 Å². The Morgan fingerprint density at radius 1 is 1.04 bits per heavy atom. The van der Waals surface area contributed by atoms with Crippen molar-refractivity contribution in [1.82, 2.24) is 9.78 Å². The molecule has 26 heavy (non-hydrogen) atoms.